The van der Waals surface area contributed by atoms with Gasteiger partial charge in [-0.3, -0.25) is 0 Å². The van der Waals surface area contributed by atoms with Gasteiger partial charge in [-0.05, 0) is 46.7 Å². The lowest BCUT2D eigenvalue weighted by molar-refractivity contribution is 0.379. The minimum absolute atomic E-state index is 0.153. The van der Waals surface area contributed by atoms with Crippen molar-refractivity contribution in [2.75, 3.05) is 0 Å². The van der Waals surface area contributed by atoms with E-state index in [1.54, 1.807) is 11.0 Å². The topological polar surface area (TPSA) is 54.5 Å². The average Bonchev–Trinajstić information content (AvgIpc) is 2.99. The number of fused-ring (bicyclic) bond motifs is 1. The lowest BCUT2D eigenvalue weighted by Crippen LogP contribution is -2.21. The second-order valence-electron chi connectivity index (χ2n) is 5.80. The number of benzene rings is 1. The average molecular weight is 284 g/mol. The van der Waals surface area contributed by atoms with Crippen LogP contribution in [0.25, 0.3) is 5.69 Å². The molecule has 0 fully saturated rings. The van der Waals surface area contributed by atoms with E-state index in [9.17, 15) is 0 Å². The highest BCUT2D eigenvalue weighted by Crippen LogP contribution is 2.46. The van der Waals surface area contributed by atoms with Crippen LogP contribution < -0.4 is 0 Å². The molecule has 1 aromatic heterocycles. The first-order chi connectivity index (χ1) is 9.55. The van der Waals surface area contributed by atoms with Crippen LogP contribution in [0.4, 0.5) is 0 Å². The van der Waals surface area contributed by atoms with Crippen LogP contribution in [0.3, 0.4) is 0 Å². The zero-order valence-corrected chi connectivity index (χ0v) is 12.6. The molecule has 1 unspecified atom stereocenters. The van der Waals surface area contributed by atoms with Crippen molar-refractivity contribution >= 4 is 11.8 Å². The van der Waals surface area contributed by atoms with E-state index in [1.165, 1.54) is 29.2 Å². The van der Waals surface area contributed by atoms with Crippen LogP contribution in [-0.4, -0.2) is 14.8 Å². The van der Waals surface area contributed by atoms with Gasteiger partial charge in [0.2, 0.25) is 0 Å². The summed E-state index contributed by atoms with van der Waals surface area (Å²) in [6.07, 6.45) is 4.24. The van der Waals surface area contributed by atoms with Gasteiger partial charge in [-0.15, -0.1) is 0 Å². The molecular weight excluding hydrogens is 268 g/mol. The Morgan fingerprint density at radius 3 is 2.90 bits per heavy atom. The molecule has 1 atom stereocenters. The molecule has 1 aliphatic rings. The highest BCUT2D eigenvalue weighted by atomic mass is 32.2. The molecule has 0 saturated carbocycles. The Bertz CT molecular complexity index is 683. The van der Waals surface area contributed by atoms with Gasteiger partial charge in [-0.2, -0.15) is 10.4 Å². The van der Waals surface area contributed by atoms with Gasteiger partial charge >= 0.3 is 0 Å². The number of rotatable bonds is 2. The molecule has 2 aromatic rings. The quantitative estimate of drug-likeness (QED) is 0.627. The SMILES string of the molecule is CC1Cc2c(ccc(SC#N)c2-n2cncn2)C1(C)C. The summed E-state index contributed by atoms with van der Waals surface area (Å²) in [5.41, 5.74) is 3.83. The Balaban J connectivity index is 2.26. The molecule has 0 aliphatic heterocycles. The van der Waals surface area contributed by atoms with Crippen LogP contribution in [0.15, 0.2) is 29.7 Å². The van der Waals surface area contributed by atoms with Crippen molar-refractivity contribution in [1.82, 2.24) is 14.8 Å². The van der Waals surface area contributed by atoms with Crippen LogP contribution >= 0.6 is 11.8 Å². The summed E-state index contributed by atoms with van der Waals surface area (Å²) in [7, 11) is 0. The lowest BCUT2D eigenvalue weighted by Gasteiger charge is -2.25. The van der Waals surface area contributed by atoms with E-state index in [1.807, 2.05) is 6.07 Å². The Labute approximate surface area is 122 Å². The number of nitrogens with zero attached hydrogens (tertiary/aromatic N) is 4. The van der Waals surface area contributed by atoms with E-state index in [4.69, 9.17) is 5.26 Å². The number of nitriles is 1. The number of thioether (sulfide) groups is 1. The van der Waals surface area contributed by atoms with E-state index in [0.717, 1.165) is 17.0 Å². The van der Waals surface area contributed by atoms with Gasteiger partial charge in [0, 0.05) is 4.90 Å². The summed E-state index contributed by atoms with van der Waals surface area (Å²) < 4.78 is 1.78. The normalized spacial score (nSPS) is 19.6. The fraction of sp³-hybridized carbons (Fsp3) is 0.400. The second-order valence-corrected chi connectivity index (χ2v) is 6.63. The minimum atomic E-state index is 0.153. The molecule has 20 heavy (non-hydrogen) atoms. The zero-order chi connectivity index (χ0) is 14.3. The monoisotopic (exact) mass is 284 g/mol. The summed E-state index contributed by atoms with van der Waals surface area (Å²) in [6, 6.07) is 4.20. The molecule has 102 valence electrons. The van der Waals surface area contributed by atoms with Gasteiger partial charge in [-0.25, -0.2) is 9.67 Å². The van der Waals surface area contributed by atoms with Gasteiger partial charge < -0.3 is 0 Å². The highest BCUT2D eigenvalue weighted by molar-refractivity contribution is 8.03. The summed E-state index contributed by atoms with van der Waals surface area (Å²) in [5, 5.41) is 15.4. The Morgan fingerprint density at radius 1 is 1.45 bits per heavy atom. The van der Waals surface area contributed by atoms with E-state index >= 15 is 0 Å². The minimum Gasteiger partial charge on any atom is -0.223 e. The number of aromatic nitrogens is 3. The van der Waals surface area contributed by atoms with Crippen molar-refractivity contribution < 1.29 is 0 Å². The number of hydrogen-bond acceptors (Lipinski definition) is 4. The van der Waals surface area contributed by atoms with Crippen LogP contribution in [0.5, 0.6) is 0 Å². The lowest BCUT2D eigenvalue weighted by atomic mass is 9.80. The van der Waals surface area contributed by atoms with Gasteiger partial charge in [-0.1, -0.05) is 26.8 Å². The molecule has 5 heteroatoms. The molecule has 0 radical (unpaired) electrons. The smallest absolute Gasteiger partial charge is 0.138 e. The molecule has 4 nitrogen and oxygen atoms in total. The van der Waals surface area contributed by atoms with Crippen molar-refractivity contribution in [2.45, 2.75) is 37.5 Å². The first-order valence-electron chi connectivity index (χ1n) is 6.63. The van der Waals surface area contributed by atoms with Crippen LogP contribution in [0, 0.1) is 16.6 Å². The predicted octanol–water partition coefficient (Wildman–Crippen LogP) is 3.31. The largest absolute Gasteiger partial charge is 0.223 e. The summed E-state index contributed by atoms with van der Waals surface area (Å²) in [6.45, 7) is 6.85. The third kappa shape index (κ3) is 1.83. The molecule has 0 bridgehead atoms. The molecule has 1 heterocycles. The fourth-order valence-corrected chi connectivity index (χ4v) is 3.51. The molecule has 0 N–H and O–H groups in total. The molecular formula is C15H16N4S. The molecule has 1 aromatic carbocycles. The second kappa shape index (κ2) is 4.64. The maximum absolute atomic E-state index is 9.01. The Kier molecular flexibility index (Phi) is 3.06. The van der Waals surface area contributed by atoms with Crippen molar-refractivity contribution in [3.05, 3.63) is 35.9 Å². The third-order valence-corrected chi connectivity index (χ3v) is 5.13. The third-order valence-electron chi connectivity index (χ3n) is 4.49. The fourth-order valence-electron chi connectivity index (χ4n) is 2.96. The van der Waals surface area contributed by atoms with Crippen molar-refractivity contribution in [1.29, 1.82) is 5.26 Å². The van der Waals surface area contributed by atoms with Crippen molar-refractivity contribution in [2.24, 2.45) is 5.92 Å². The first kappa shape index (κ1) is 13.2. The van der Waals surface area contributed by atoms with E-state index < -0.39 is 0 Å². The standard InChI is InChI=1S/C15H16N4S/c1-10-6-11-12(15(10,2)3)4-5-13(20-7-16)14(11)19-9-17-8-18-19/h4-5,8-10H,6H2,1-3H3. The molecule has 0 amide bonds. The number of thiocyanates is 1. The summed E-state index contributed by atoms with van der Waals surface area (Å²) in [5.74, 6) is 0.571. The van der Waals surface area contributed by atoms with Gasteiger partial charge in [0.1, 0.15) is 18.1 Å². The van der Waals surface area contributed by atoms with Gasteiger partial charge in [0.05, 0.1) is 5.69 Å². The zero-order valence-electron chi connectivity index (χ0n) is 11.8. The van der Waals surface area contributed by atoms with Crippen LogP contribution in [0.1, 0.15) is 31.9 Å². The van der Waals surface area contributed by atoms with Crippen LogP contribution in [0.2, 0.25) is 0 Å². The maximum atomic E-state index is 9.01. The van der Waals surface area contributed by atoms with Gasteiger partial charge in [0.15, 0.2) is 0 Å². The Morgan fingerprint density at radius 2 is 2.25 bits per heavy atom. The van der Waals surface area contributed by atoms with E-state index in [-0.39, 0.29) is 5.41 Å². The molecule has 1 aliphatic carbocycles. The van der Waals surface area contributed by atoms with Gasteiger partial charge in [0.25, 0.3) is 0 Å². The number of hydrogen-bond donors (Lipinski definition) is 0. The van der Waals surface area contributed by atoms with Crippen molar-refractivity contribution in [3.8, 4) is 11.1 Å². The van der Waals surface area contributed by atoms with Crippen molar-refractivity contribution in [3.63, 3.8) is 0 Å². The summed E-state index contributed by atoms with van der Waals surface area (Å²) >= 11 is 1.18. The molecule has 3 rings (SSSR count). The first-order valence-corrected chi connectivity index (χ1v) is 7.44. The van der Waals surface area contributed by atoms with Crippen LogP contribution in [-0.2, 0) is 11.8 Å². The Hall–Kier alpha value is -1.80. The predicted molar refractivity (Wildman–Crippen MR) is 78.7 cm³/mol. The van der Waals surface area contributed by atoms with E-state index in [2.05, 4.69) is 42.3 Å². The maximum Gasteiger partial charge on any atom is 0.138 e. The highest BCUT2D eigenvalue weighted by Gasteiger charge is 2.38. The summed E-state index contributed by atoms with van der Waals surface area (Å²) in [4.78, 5) is 4.99. The molecule has 0 saturated heterocycles. The molecule has 0 spiro atoms. The van der Waals surface area contributed by atoms with E-state index in [0.29, 0.717) is 5.92 Å².